The lowest BCUT2D eigenvalue weighted by Gasteiger charge is -2.69. The highest BCUT2D eigenvalue weighted by molar-refractivity contribution is 5.87. The third kappa shape index (κ3) is 3.08. The van der Waals surface area contributed by atoms with Crippen molar-refractivity contribution in [3.8, 4) is 0 Å². The van der Waals surface area contributed by atoms with Gasteiger partial charge in [-0.1, -0.05) is 19.9 Å². The zero-order chi connectivity index (χ0) is 24.8. The van der Waals surface area contributed by atoms with Crippen molar-refractivity contribution in [2.24, 2.45) is 28.6 Å². The molecule has 5 heterocycles. The molecule has 0 radical (unpaired) electrons. The third-order valence-corrected chi connectivity index (χ3v) is 10.2. The molecule has 4 saturated heterocycles. The van der Waals surface area contributed by atoms with Gasteiger partial charge in [-0.3, -0.25) is 4.79 Å². The van der Waals surface area contributed by atoms with Crippen LogP contribution in [0.5, 0.6) is 0 Å². The van der Waals surface area contributed by atoms with E-state index in [1.807, 2.05) is 6.92 Å². The Morgan fingerprint density at radius 3 is 2.54 bits per heavy atom. The van der Waals surface area contributed by atoms with Crippen LogP contribution < -0.4 is 0 Å². The normalized spacial score (nSPS) is 51.5. The molecule has 8 heteroatoms. The number of rotatable bonds is 4. The van der Waals surface area contributed by atoms with Gasteiger partial charge in [0, 0.05) is 30.3 Å². The van der Waals surface area contributed by atoms with E-state index in [0.717, 1.165) is 12.8 Å². The molecule has 11 atom stereocenters. The molecule has 2 bridgehead atoms. The van der Waals surface area contributed by atoms with Crippen molar-refractivity contribution in [2.45, 2.75) is 96.8 Å². The first-order valence-corrected chi connectivity index (χ1v) is 12.9. The van der Waals surface area contributed by atoms with Gasteiger partial charge in [0.05, 0.1) is 25.1 Å². The number of carbonyl (C=O) groups excluding carboxylic acids is 2. The van der Waals surface area contributed by atoms with Gasteiger partial charge in [-0.15, -0.1) is 0 Å². The predicted molar refractivity (Wildman–Crippen MR) is 122 cm³/mol. The minimum atomic E-state index is -0.863. The smallest absolute Gasteiger partial charge is 0.335 e. The maximum atomic E-state index is 13.0. The number of carbonyl (C=O) groups is 2. The Bertz CT molecular complexity index is 984. The highest BCUT2D eigenvalue weighted by Gasteiger charge is 2.83. The molecule has 0 N–H and O–H groups in total. The van der Waals surface area contributed by atoms with Crippen LogP contribution in [0.15, 0.2) is 24.0 Å². The Morgan fingerprint density at radius 1 is 1.11 bits per heavy atom. The van der Waals surface area contributed by atoms with E-state index in [4.69, 9.17) is 28.4 Å². The van der Waals surface area contributed by atoms with Crippen molar-refractivity contribution in [3.05, 3.63) is 24.0 Å². The highest BCUT2D eigenvalue weighted by Crippen LogP contribution is 2.74. The van der Waals surface area contributed by atoms with Crippen LogP contribution >= 0.6 is 0 Å². The van der Waals surface area contributed by atoms with E-state index >= 15 is 0 Å². The van der Waals surface area contributed by atoms with E-state index < -0.39 is 29.4 Å². The standard InChI is InChI=1S/C27H36O8/c1-6-14(2)22(29)35-24-27-19(11-18(33-24)12-26(27)13-31-26)25(5,15(3)9-21(27)32-16(4)28)20-10-17-7-8-30-23(17)34-20/h6-8,15,17-21,23-24H,9-13H2,1-5H3/b14-6+/t15-,17-,18-,19-,20+,21+,23+,24-,25+,26+,27+/m1/s1. The second kappa shape index (κ2) is 7.80. The van der Waals surface area contributed by atoms with Crippen molar-refractivity contribution in [2.75, 3.05) is 6.61 Å². The molecular formula is C27H36O8. The van der Waals surface area contributed by atoms with Gasteiger partial charge >= 0.3 is 11.9 Å². The Labute approximate surface area is 206 Å². The summed E-state index contributed by atoms with van der Waals surface area (Å²) in [5, 5.41) is 0. The van der Waals surface area contributed by atoms with Gasteiger partial charge in [-0.2, -0.15) is 0 Å². The zero-order valence-electron chi connectivity index (χ0n) is 21.2. The fraction of sp³-hybridized carbons (Fsp3) is 0.778. The second-order valence-electron chi connectivity index (χ2n) is 11.6. The zero-order valence-corrected chi connectivity index (χ0v) is 21.2. The van der Waals surface area contributed by atoms with Crippen molar-refractivity contribution in [1.29, 1.82) is 0 Å². The average molecular weight is 489 g/mol. The quantitative estimate of drug-likeness (QED) is 0.336. The van der Waals surface area contributed by atoms with Crippen LogP contribution in [0.4, 0.5) is 0 Å². The average Bonchev–Trinajstić information content (AvgIpc) is 3.23. The number of esters is 2. The molecule has 35 heavy (non-hydrogen) atoms. The minimum absolute atomic E-state index is 0.00891. The van der Waals surface area contributed by atoms with E-state index in [1.54, 1.807) is 19.3 Å². The SMILES string of the molecule is C/C=C(\C)C(=O)O[C@H]1O[C@@H]2C[C@@H]3[C@@](C)([C@@H]4C[C@H]5C=CO[C@H]5O4)[C@H](C)C[C@H](OC(C)=O)[C@]13[C@@]1(CO1)C2. The van der Waals surface area contributed by atoms with Gasteiger partial charge in [-0.25, -0.2) is 4.79 Å². The van der Waals surface area contributed by atoms with Crippen LogP contribution in [0, 0.1) is 28.6 Å². The second-order valence-corrected chi connectivity index (χ2v) is 11.6. The number of hydrogen-bond acceptors (Lipinski definition) is 8. The summed E-state index contributed by atoms with van der Waals surface area (Å²) in [4.78, 5) is 25.4. The molecule has 0 aromatic carbocycles. The summed E-state index contributed by atoms with van der Waals surface area (Å²) in [6.45, 7) is 10.1. The molecular weight excluding hydrogens is 452 g/mol. The van der Waals surface area contributed by atoms with Gasteiger partial charge in [-0.05, 0) is 51.0 Å². The number of fused-ring (bicyclic) bond motifs is 2. The first-order valence-electron chi connectivity index (χ1n) is 12.9. The number of allylic oxidation sites excluding steroid dienone is 1. The predicted octanol–water partition coefficient (Wildman–Crippen LogP) is 3.64. The summed E-state index contributed by atoms with van der Waals surface area (Å²) in [6.07, 6.45) is 6.80. The summed E-state index contributed by atoms with van der Waals surface area (Å²) in [6, 6.07) is 0. The Morgan fingerprint density at radius 2 is 1.89 bits per heavy atom. The van der Waals surface area contributed by atoms with Crippen molar-refractivity contribution < 1.29 is 38.0 Å². The first kappa shape index (κ1) is 23.5. The molecule has 0 aromatic rings. The Balaban J connectivity index is 1.46. The van der Waals surface area contributed by atoms with Crippen LogP contribution in [-0.2, 0) is 38.0 Å². The minimum Gasteiger partial charge on any atom is -0.472 e. The first-order chi connectivity index (χ1) is 16.7. The summed E-state index contributed by atoms with van der Waals surface area (Å²) in [5.41, 5.74) is -1.11. The van der Waals surface area contributed by atoms with E-state index in [-0.39, 0.29) is 47.6 Å². The number of ether oxygens (including phenoxy) is 6. The fourth-order valence-electron chi connectivity index (χ4n) is 8.10. The summed E-state index contributed by atoms with van der Waals surface area (Å²) in [7, 11) is 0. The van der Waals surface area contributed by atoms with Crippen LogP contribution in [0.3, 0.4) is 0 Å². The van der Waals surface area contributed by atoms with E-state index in [2.05, 4.69) is 19.9 Å². The van der Waals surface area contributed by atoms with Crippen LogP contribution in [0.25, 0.3) is 0 Å². The van der Waals surface area contributed by atoms with E-state index in [1.165, 1.54) is 6.92 Å². The summed E-state index contributed by atoms with van der Waals surface area (Å²) < 4.78 is 37.1. The van der Waals surface area contributed by atoms with Crippen molar-refractivity contribution in [3.63, 3.8) is 0 Å². The molecule has 7 rings (SSSR count). The molecule has 0 amide bonds. The maximum absolute atomic E-state index is 13.0. The molecule has 0 aromatic heterocycles. The molecule has 6 fully saturated rings. The monoisotopic (exact) mass is 488 g/mol. The Hall–Kier alpha value is -1.90. The maximum Gasteiger partial charge on any atom is 0.335 e. The van der Waals surface area contributed by atoms with Crippen LogP contribution in [-0.4, -0.2) is 55.0 Å². The third-order valence-electron chi connectivity index (χ3n) is 10.2. The highest BCUT2D eigenvalue weighted by atomic mass is 16.7. The van der Waals surface area contributed by atoms with Crippen molar-refractivity contribution >= 4 is 11.9 Å². The molecule has 2 saturated carbocycles. The molecule has 5 aliphatic heterocycles. The van der Waals surface area contributed by atoms with Crippen molar-refractivity contribution in [1.82, 2.24) is 0 Å². The van der Waals surface area contributed by atoms with Gasteiger partial charge in [0.25, 0.3) is 0 Å². The topological polar surface area (TPSA) is 92.8 Å². The lowest BCUT2D eigenvalue weighted by atomic mass is 9.40. The number of epoxide rings is 1. The number of hydrogen-bond donors (Lipinski definition) is 0. The summed E-state index contributed by atoms with van der Waals surface area (Å²) >= 11 is 0. The van der Waals surface area contributed by atoms with E-state index in [9.17, 15) is 9.59 Å². The lowest BCUT2D eigenvalue weighted by Crippen LogP contribution is -2.77. The largest absolute Gasteiger partial charge is 0.472 e. The van der Waals surface area contributed by atoms with Crippen LogP contribution in [0.1, 0.15) is 60.3 Å². The molecule has 2 spiro atoms. The van der Waals surface area contributed by atoms with E-state index in [0.29, 0.717) is 25.0 Å². The fourth-order valence-corrected chi connectivity index (χ4v) is 8.10. The van der Waals surface area contributed by atoms with Gasteiger partial charge in [0.15, 0.2) is 0 Å². The molecule has 192 valence electrons. The summed E-state index contributed by atoms with van der Waals surface area (Å²) in [5.74, 6) is -0.322. The van der Waals surface area contributed by atoms with Gasteiger partial charge < -0.3 is 28.4 Å². The van der Waals surface area contributed by atoms with Crippen LogP contribution in [0.2, 0.25) is 0 Å². The Kier molecular flexibility index (Phi) is 5.23. The van der Waals surface area contributed by atoms with Gasteiger partial charge in [0.1, 0.15) is 17.1 Å². The molecule has 2 aliphatic carbocycles. The lowest BCUT2D eigenvalue weighted by molar-refractivity contribution is -0.375. The molecule has 0 unspecified atom stereocenters. The van der Waals surface area contributed by atoms with Gasteiger partial charge in [0.2, 0.25) is 12.6 Å². The molecule has 8 nitrogen and oxygen atoms in total. The molecule has 7 aliphatic rings.